The van der Waals surface area contributed by atoms with Gasteiger partial charge in [-0.05, 0) is 0 Å². The van der Waals surface area contributed by atoms with Crippen LogP contribution in [0.1, 0.15) is 0 Å². The molecule has 2 aromatic rings. The zero-order chi connectivity index (χ0) is 13.1. The Morgan fingerprint density at radius 1 is 0.889 bits per heavy atom. The first-order chi connectivity index (χ1) is 8.59. The van der Waals surface area contributed by atoms with Gasteiger partial charge in [-0.1, -0.05) is 0 Å². The fourth-order valence-corrected chi connectivity index (χ4v) is 7.79. The molecule has 0 aliphatic heterocycles. The van der Waals surface area contributed by atoms with Gasteiger partial charge in [0.2, 0.25) is 0 Å². The second kappa shape index (κ2) is 6.10. The van der Waals surface area contributed by atoms with Crippen LogP contribution in [0.5, 0.6) is 0 Å². The molecule has 6 nitrogen and oxygen atoms in total. The molecule has 0 saturated carbocycles. The van der Waals surface area contributed by atoms with Gasteiger partial charge in [-0.25, -0.2) is 0 Å². The van der Waals surface area contributed by atoms with Crippen LogP contribution in [-0.2, 0) is 0 Å². The Labute approximate surface area is 121 Å². The molecule has 0 unspecified atom stereocenters. The van der Waals surface area contributed by atoms with Crippen molar-refractivity contribution >= 4 is 59.7 Å². The van der Waals surface area contributed by atoms with Gasteiger partial charge in [0, 0.05) is 0 Å². The molecule has 0 bridgehead atoms. The van der Waals surface area contributed by atoms with E-state index in [0.29, 0.717) is 9.79 Å². The van der Waals surface area contributed by atoms with Crippen LogP contribution in [0.25, 0.3) is 0 Å². The molecule has 0 amide bonds. The second-order valence-electron chi connectivity index (χ2n) is 2.86. The Morgan fingerprint density at radius 2 is 1.28 bits per heavy atom. The van der Waals surface area contributed by atoms with E-state index in [2.05, 4.69) is 0 Å². The molecule has 2 heterocycles. The fraction of sp³-hybridized carbons (Fsp3) is 0. The average Bonchev–Trinajstić information content (AvgIpc) is 2.94. The van der Waals surface area contributed by atoms with Crippen LogP contribution < -0.4 is 0 Å². The zero-order valence-electron chi connectivity index (χ0n) is 8.47. The van der Waals surface area contributed by atoms with Gasteiger partial charge in [0.25, 0.3) is 0 Å². The number of rotatable bonds is 5. The molecule has 0 spiro atoms. The summed E-state index contributed by atoms with van der Waals surface area (Å²) in [6, 6.07) is 3.43. The summed E-state index contributed by atoms with van der Waals surface area (Å²) < 4.78 is 0.437. The van der Waals surface area contributed by atoms with Crippen molar-refractivity contribution in [3.05, 3.63) is 42.2 Å². The van der Waals surface area contributed by atoms with Gasteiger partial charge < -0.3 is 0 Å². The number of nitro groups is 2. The van der Waals surface area contributed by atoms with E-state index in [0.717, 1.165) is 0 Å². The van der Waals surface area contributed by atoms with Crippen molar-refractivity contribution in [3.8, 4) is 0 Å². The van der Waals surface area contributed by atoms with Crippen LogP contribution in [0.15, 0.2) is 31.8 Å². The van der Waals surface area contributed by atoms with E-state index >= 15 is 0 Å². The molecule has 0 atom stereocenters. The van der Waals surface area contributed by atoms with E-state index in [9.17, 15) is 20.2 Å². The van der Waals surface area contributed by atoms with Crippen LogP contribution in [0, 0.1) is 20.2 Å². The van der Waals surface area contributed by atoms with Crippen molar-refractivity contribution in [3.63, 3.8) is 0 Å². The monoisotopic (exact) mass is 416 g/mol. The van der Waals surface area contributed by atoms with Gasteiger partial charge in [0.15, 0.2) is 0 Å². The van der Waals surface area contributed by atoms with Crippen LogP contribution >= 0.6 is 21.6 Å². The van der Waals surface area contributed by atoms with Crippen LogP contribution in [0.3, 0.4) is 0 Å². The molecule has 94 valence electrons. The molecule has 18 heavy (non-hydrogen) atoms. The number of nitrogens with zero attached hydrogens (tertiary/aromatic N) is 2. The van der Waals surface area contributed by atoms with Crippen LogP contribution in [0.4, 0.5) is 9.12 Å². The Morgan fingerprint density at radius 3 is 1.61 bits per heavy atom. The van der Waals surface area contributed by atoms with Gasteiger partial charge in [0.05, 0.1) is 0 Å². The standard InChI is InChI=1S/C8H4N2O4S2Se2/c11-9(12)7-5(1-3-17-7)15-16-6-2-4-18-8(6)10(13)14/h1-4H. The first kappa shape index (κ1) is 13.9. The van der Waals surface area contributed by atoms with E-state index in [-0.39, 0.29) is 48.0 Å². The van der Waals surface area contributed by atoms with E-state index in [1.807, 2.05) is 0 Å². The third kappa shape index (κ3) is 3.08. The van der Waals surface area contributed by atoms with Gasteiger partial charge in [0.1, 0.15) is 0 Å². The first-order valence-corrected chi connectivity index (χ1v) is 10.2. The van der Waals surface area contributed by atoms with Crippen molar-refractivity contribution < 1.29 is 9.85 Å². The molecule has 0 aromatic carbocycles. The molecular formula is C8H4N2O4S2Se2. The normalized spacial score (nSPS) is 10.4. The summed E-state index contributed by atoms with van der Waals surface area (Å²) in [6.45, 7) is 0. The third-order valence-electron chi connectivity index (χ3n) is 1.77. The number of hydrogen-bond donors (Lipinski definition) is 0. The molecule has 0 saturated heterocycles. The maximum absolute atomic E-state index is 10.8. The zero-order valence-corrected chi connectivity index (χ0v) is 13.5. The maximum atomic E-state index is 10.8. The third-order valence-corrected chi connectivity index (χ3v) is 8.41. The van der Waals surface area contributed by atoms with Crippen LogP contribution in [0.2, 0.25) is 0 Å². The van der Waals surface area contributed by atoms with Gasteiger partial charge >= 0.3 is 122 Å². The molecule has 2 rings (SSSR count). The molecule has 0 radical (unpaired) electrons. The van der Waals surface area contributed by atoms with Crippen molar-refractivity contribution in [2.75, 3.05) is 0 Å². The molecule has 0 N–H and O–H groups in total. The molecular weight excluding hydrogens is 410 g/mol. The summed E-state index contributed by atoms with van der Waals surface area (Å²) in [5.74, 6) is 0. The Bertz CT molecular complexity index is 545. The fourth-order valence-electron chi connectivity index (χ4n) is 1.06. The van der Waals surface area contributed by atoms with Gasteiger partial charge in [-0.2, -0.15) is 0 Å². The van der Waals surface area contributed by atoms with Crippen molar-refractivity contribution in [2.45, 2.75) is 9.79 Å². The van der Waals surface area contributed by atoms with Crippen molar-refractivity contribution in [1.29, 1.82) is 0 Å². The molecule has 0 aliphatic carbocycles. The first-order valence-electron chi connectivity index (χ1n) is 4.38. The van der Waals surface area contributed by atoms with E-state index in [1.54, 1.807) is 22.0 Å². The Balaban J connectivity index is 2.12. The quantitative estimate of drug-likeness (QED) is 0.323. The van der Waals surface area contributed by atoms with Gasteiger partial charge in [-0.3, -0.25) is 0 Å². The van der Waals surface area contributed by atoms with Crippen molar-refractivity contribution in [1.82, 2.24) is 0 Å². The summed E-state index contributed by atoms with van der Waals surface area (Å²) in [7, 11) is 2.44. The topological polar surface area (TPSA) is 86.3 Å². The minimum atomic E-state index is -0.375. The predicted octanol–water partition coefficient (Wildman–Crippen LogP) is 2.42. The van der Waals surface area contributed by atoms with E-state index in [1.165, 1.54) is 21.6 Å². The summed E-state index contributed by atoms with van der Waals surface area (Å²) in [6.07, 6.45) is 0. The average molecular weight is 414 g/mol. The SMILES string of the molecule is O=[N+]([O-])c1[se]ccc1SSc1cc[se]c1[N+](=O)[O-]. The Kier molecular flexibility index (Phi) is 4.71. The molecule has 10 heteroatoms. The van der Waals surface area contributed by atoms with Crippen LogP contribution in [-0.4, -0.2) is 38.9 Å². The summed E-state index contributed by atoms with van der Waals surface area (Å²) in [5, 5.41) is 21.5. The molecule has 0 aliphatic rings. The van der Waals surface area contributed by atoms with E-state index in [4.69, 9.17) is 0 Å². The van der Waals surface area contributed by atoms with E-state index < -0.39 is 0 Å². The summed E-state index contributed by atoms with van der Waals surface area (Å²) in [4.78, 5) is 25.5. The predicted molar refractivity (Wildman–Crippen MR) is 71.8 cm³/mol. The molecule has 0 fully saturated rings. The second-order valence-corrected chi connectivity index (χ2v) is 8.83. The molecule has 2 aromatic heterocycles. The Hall–Kier alpha value is -0.501. The summed E-state index contributed by atoms with van der Waals surface area (Å²) >= 11 is -0.468. The number of hydrogen-bond acceptors (Lipinski definition) is 6. The minimum absolute atomic E-state index is 0.218. The summed E-state index contributed by atoms with van der Waals surface area (Å²) in [5.41, 5.74) is 0. The van der Waals surface area contributed by atoms with Crippen molar-refractivity contribution in [2.24, 2.45) is 0 Å². The van der Waals surface area contributed by atoms with Gasteiger partial charge in [-0.15, -0.1) is 0 Å².